The molecule has 0 radical (unpaired) electrons. The monoisotopic (exact) mass is 332 g/mol. The molecule has 112 valence electrons. The molecule has 5 heteroatoms. The van der Waals surface area contributed by atoms with Gasteiger partial charge < -0.3 is 9.73 Å². The maximum Gasteiger partial charge on any atom is 0.134 e. The average Bonchev–Trinajstić information content (AvgIpc) is 2.96. The number of halogens is 2. The average molecular weight is 333 g/mol. The fourth-order valence-electron chi connectivity index (χ4n) is 2.16. The van der Waals surface area contributed by atoms with Gasteiger partial charge in [0, 0.05) is 34.5 Å². The molecule has 0 atom stereocenters. The molecule has 0 saturated heterocycles. The lowest BCUT2D eigenvalue weighted by Crippen LogP contribution is -2.12. The number of benzene rings is 1. The summed E-state index contributed by atoms with van der Waals surface area (Å²) in [5.41, 5.74) is 2.01. The molecule has 0 amide bonds. The highest BCUT2D eigenvalue weighted by atomic mass is 35.5. The Hall–Kier alpha value is -1.81. The summed E-state index contributed by atoms with van der Waals surface area (Å²) in [5.74, 6) is 1.61. The second-order valence-corrected chi connectivity index (χ2v) is 5.76. The standard InChI is InChI=1S/C17H14Cl2N2O/c18-14-6-13(7-15(19)8-14)17-4-3-16(22-17)11-21-10-12-2-1-5-20-9-12/h1-9,21H,10-11H2. The summed E-state index contributed by atoms with van der Waals surface area (Å²) in [7, 11) is 0. The van der Waals surface area contributed by atoms with Gasteiger partial charge in [0.25, 0.3) is 0 Å². The van der Waals surface area contributed by atoms with Crippen LogP contribution < -0.4 is 5.32 Å². The molecular weight excluding hydrogens is 319 g/mol. The largest absolute Gasteiger partial charge is 0.460 e. The van der Waals surface area contributed by atoms with Gasteiger partial charge in [0.05, 0.1) is 6.54 Å². The van der Waals surface area contributed by atoms with Gasteiger partial charge in [0.2, 0.25) is 0 Å². The summed E-state index contributed by atoms with van der Waals surface area (Å²) in [6.07, 6.45) is 3.60. The van der Waals surface area contributed by atoms with Crippen LogP contribution in [0.15, 0.2) is 59.3 Å². The van der Waals surface area contributed by atoms with Crippen LogP contribution in [0.2, 0.25) is 10.0 Å². The molecule has 2 heterocycles. The Balaban J connectivity index is 1.64. The minimum Gasteiger partial charge on any atom is -0.460 e. The highest BCUT2D eigenvalue weighted by molar-refractivity contribution is 6.35. The third-order valence-electron chi connectivity index (χ3n) is 3.16. The van der Waals surface area contributed by atoms with Gasteiger partial charge in [-0.3, -0.25) is 4.98 Å². The second-order valence-electron chi connectivity index (χ2n) is 4.89. The van der Waals surface area contributed by atoms with Crippen molar-refractivity contribution in [3.05, 3.63) is 76.2 Å². The minimum absolute atomic E-state index is 0.593. The van der Waals surface area contributed by atoms with Gasteiger partial charge in [0.15, 0.2) is 0 Å². The fourth-order valence-corrected chi connectivity index (χ4v) is 2.68. The molecule has 0 aliphatic rings. The Labute approximate surface area is 138 Å². The SMILES string of the molecule is Clc1cc(Cl)cc(-c2ccc(CNCc3cccnc3)o2)c1. The summed E-state index contributed by atoms with van der Waals surface area (Å²) < 4.78 is 5.82. The molecule has 3 aromatic rings. The molecule has 0 unspecified atom stereocenters. The van der Waals surface area contributed by atoms with Gasteiger partial charge in [-0.25, -0.2) is 0 Å². The predicted molar refractivity (Wildman–Crippen MR) is 88.9 cm³/mol. The smallest absolute Gasteiger partial charge is 0.134 e. The number of nitrogens with one attached hydrogen (secondary N) is 1. The Morgan fingerprint density at radius 2 is 1.82 bits per heavy atom. The van der Waals surface area contributed by atoms with E-state index >= 15 is 0 Å². The van der Waals surface area contributed by atoms with E-state index < -0.39 is 0 Å². The number of pyridine rings is 1. The Bertz CT molecular complexity index is 736. The molecule has 2 aromatic heterocycles. The van der Waals surface area contributed by atoms with Crippen LogP contribution in [-0.2, 0) is 13.1 Å². The maximum absolute atomic E-state index is 6.01. The first-order valence-electron chi connectivity index (χ1n) is 6.85. The Morgan fingerprint density at radius 1 is 1.00 bits per heavy atom. The third-order valence-corrected chi connectivity index (χ3v) is 3.60. The molecule has 0 spiro atoms. The van der Waals surface area contributed by atoms with Crippen LogP contribution >= 0.6 is 23.2 Å². The summed E-state index contributed by atoms with van der Waals surface area (Å²) in [6.45, 7) is 1.38. The number of aromatic nitrogens is 1. The topological polar surface area (TPSA) is 38.1 Å². The summed E-state index contributed by atoms with van der Waals surface area (Å²) in [4.78, 5) is 4.08. The molecule has 22 heavy (non-hydrogen) atoms. The van der Waals surface area contributed by atoms with E-state index in [1.165, 1.54) is 0 Å². The lowest BCUT2D eigenvalue weighted by Gasteiger charge is -2.03. The number of hydrogen-bond donors (Lipinski definition) is 1. The van der Waals surface area contributed by atoms with Crippen LogP contribution in [0.1, 0.15) is 11.3 Å². The molecule has 1 N–H and O–H groups in total. The molecule has 3 nitrogen and oxygen atoms in total. The van der Waals surface area contributed by atoms with Crippen molar-refractivity contribution >= 4 is 23.2 Å². The van der Waals surface area contributed by atoms with Gasteiger partial charge in [0.1, 0.15) is 11.5 Å². The van der Waals surface area contributed by atoms with Crippen molar-refractivity contribution in [1.82, 2.24) is 10.3 Å². The number of hydrogen-bond acceptors (Lipinski definition) is 3. The summed E-state index contributed by atoms with van der Waals surface area (Å²) >= 11 is 12.0. The highest BCUT2D eigenvalue weighted by Gasteiger charge is 2.07. The van der Waals surface area contributed by atoms with E-state index in [2.05, 4.69) is 10.3 Å². The van der Waals surface area contributed by atoms with Crippen LogP contribution in [0, 0.1) is 0 Å². The fraction of sp³-hybridized carbons (Fsp3) is 0.118. The van der Waals surface area contributed by atoms with E-state index in [9.17, 15) is 0 Å². The maximum atomic E-state index is 6.01. The first-order chi connectivity index (χ1) is 10.7. The molecule has 0 saturated carbocycles. The van der Waals surface area contributed by atoms with Gasteiger partial charge in [-0.05, 0) is 42.0 Å². The first kappa shape index (κ1) is 15.1. The van der Waals surface area contributed by atoms with Crippen molar-refractivity contribution in [2.45, 2.75) is 13.1 Å². The number of furan rings is 1. The van der Waals surface area contributed by atoms with Crippen LogP contribution in [0.4, 0.5) is 0 Å². The van der Waals surface area contributed by atoms with Crippen molar-refractivity contribution in [2.75, 3.05) is 0 Å². The zero-order chi connectivity index (χ0) is 15.4. The first-order valence-corrected chi connectivity index (χ1v) is 7.61. The predicted octanol–water partition coefficient (Wildman–Crippen LogP) is 4.94. The van der Waals surface area contributed by atoms with Crippen molar-refractivity contribution < 1.29 is 4.42 Å². The van der Waals surface area contributed by atoms with Crippen molar-refractivity contribution in [2.24, 2.45) is 0 Å². The van der Waals surface area contributed by atoms with E-state index in [1.807, 2.05) is 42.6 Å². The third kappa shape index (κ3) is 3.89. The highest BCUT2D eigenvalue weighted by Crippen LogP contribution is 2.28. The van der Waals surface area contributed by atoms with E-state index in [-0.39, 0.29) is 0 Å². The van der Waals surface area contributed by atoms with Gasteiger partial charge in [-0.15, -0.1) is 0 Å². The Morgan fingerprint density at radius 3 is 2.55 bits per heavy atom. The van der Waals surface area contributed by atoms with Gasteiger partial charge in [-0.1, -0.05) is 29.3 Å². The lowest BCUT2D eigenvalue weighted by atomic mass is 10.2. The molecule has 0 aliphatic carbocycles. The van der Waals surface area contributed by atoms with E-state index in [1.54, 1.807) is 12.3 Å². The number of rotatable bonds is 5. The summed E-state index contributed by atoms with van der Waals surface area (Å²) in [5, 5.41) is 4.51. The Kier molecular flexibility index (Phi) is 4.78. The molecule has 0 aliphatic heterocycles. The van der Waals surface area contributed by atoms with Crippen LogP contribution in [0.5, 0.6) is 0 Å². The van der Waals surface area contributed by atoms with E-state index in [0.29, 0.717) is 16.6 Å². The van der Waals surface area contributed by atoms with Crippen LogP contribution in [-0.4, -0.2) is 4.98 Å². The van der Waals surface area contributed by atoms with E-state index in [4.69, 9.17) is 27.6 Å². The lowest BCUT2D eigenvalue weighted by molar-refractivity contribution is 0.493. The van der Waals surface area contributed by atoms with Crippen molar-refractivity contribution in [3.8, 4) is 11.3 Å². The van der Waals surface area contributed by atoms with Crippen LogP contribution in [0.25, 0.3) is 11.3 Å². The van der Waals surface area contributed by atoms with Crippen molar-refractivity contribution in [3.63, 3.8) is 0 Å². The number of nitrogens with zero attached hydrogens (tertiary/aromatic N) is 1. The second kappa shape index (κ2) is 6.97. The summed E-state index contributed by atoms with van der Waals surface area (Å²) in [6, 6.07) is 13.2. The molecule has 0 bridgehead atoms. The van der Waals surface area contributed by atoms with Gasteiger partial charge in [-0.2, -0.15) is 0 Å². The quantitative estimate of drug-likeness (QED) is 0.719. The van der Waals surface area contributed by atoms with Gasteiger partial charge >= 0.3 is 0 Å². The zero-order valence-corrected chi connectivity index (χ0v) is 13.2. The molecule has 0 fully saturated rings. The normalized spacial score (nSPS) is 10.8. The molecular formula is C17H14Cl2N2O. The van der Waals surface area contributed by atoms with E-state index in [0.717, 1.165) is 29.2 Å². The minimum atomic E-state index is 0.593. The van der Waals surface area contributed by atoms with Crippen molar-refractivity contribution in [1.29, 1.82) is 0 Å². The molecule has 1 aromatic carbocycles. The van der Waals surface area contributed by atoms with Crippen LogP contribution in [0.3, 0.4) is 0 Å². The zero-order valence-electron chi connectivity index (χ0n) is 11.7. The molecule has 3 rings (SSSR count).